The minimum atomic E-state index is -5.76. The Hall–Kier alpha value is -2.26. The molecule has 0 aliphatic heterocycles. The fourth-order valence-electron chi connectivity index (χ4n) is 2.38. The lowest BCUT2D eigenvalue weighted by Crippen LogP contribution is -2.53. The van der Waals surface area contributed by atoms with Crippen LogP contribution in [0.4, 0.5) is 22.0 Å². The van der Waals surface area contributed by atoms with E-state index in [9.17, 15) is 31.5 Å². The molecule has 0 unspecified atom stereocenters. The molecule has 0 atom stereocenters. The summed E-state index contributed by atoms with van der Waals surface area (Å²) in [6.45, 7) is 3.14. The summed E-state index contributed by atoms with van der Waals surface area (Å²) in [5.41, 5.74) is -1.37. The van der Waals surface area contributed by atoms with Crippen molar-refractivity contribution in [3.63, 3.8) is 0 Å². The van der Waals surface area contributed by atoms with E-state index >= 15 is 0 Å². The number of Topliss-reactive ketones (excluding diaryl/α,β-unsaturated/α-hetero) is 1. The number of hydrogen-bond donors (Lipinski definition) is 1. The van der Waals surface area contributed by atoms with Gasteiger partial charge in [0.05, 0.1) is 5.54 Å². The minimum absolute atomic E-state index is 0.182. The van der Waals surface area contributed by atoms with Gasteiger partial charge in [0.15, 0.2) is 12.4 Å². The fourth-order valence-corrected chi connectivity index (χ4v) is 2.38. The lowest BCUT2D eigenvalue weighted by molar-refractivity contribution is -0.290. The van der Waals surface area contributed by atoms with Crippen molar-refractivity contribution in [3.05, 3.63) is 23.9 Å². The Labute approximate surface area is 153 Å². The first-order valence-electron chi connectivity index (χ1n) is 8.32. The van der Waals surface area contributed by atoms with Gasteiger partial charge in [-0.15, -0.1) is 0 Å². The molecular weight excluding hydrogens is 375 g/mol. The van der Waals surface area contributed by atoms with Crippen molar-refractivity contribution in [3.8, 4) is 5.88 Å². The van der Waals surface area contributed by atoms with Gasteiger partial charge in [-0.25, -0.2) is 4.98 Å². The molecule has 1 rings (SSSR count). The largest absolute Gasteiger partial charge is 0.471 e. The molecule has 0 bridgehead atoms. The van der Waals surface area contributed by atoms with E-state index in [1.807, 2.05) is 0 Å². The minimum Gasteiger partial charge on any atom is -0.471 e. The normalized spacial score (nSPS) is 12.6. The number of ether oxygens (including phenoxy) is 1. The number of carbonyl (C=O) groups excluding carboxylic acids is 2. The van der Waals surface area contributed by atoms with Crippen LogP contribution in [0.1, 0.15) is 50.5 Å². The second-order valence-electron chi connectivity index (χ2n) is 5.87. The van der Waals surface area contributed by atoms with Gasteiger partial charge in [-0.3, -0.25) is 9.59 Å². The van der Waals surface area contributed by atoms with Crippen LogP contribution in [0.2, 0.25) is 0 Å². The fraction of sp³-hybridized carbons (Fsp3) is 0.588. The van der Waals surface area contributed by atoms with Crippen LogP contribution in [0.25, 0.3) is 0 Å². The zero-order valence-corrected chi connectivity index (χ0v) is 15.1. The summed E-state index contributed by atoms with van der Waals surface area (Å²) in [7, 11) is 0. The van der Waals surface area contributed by atoms with Crippen LogP contribution in [0.5, 0.6) is 5.88 Å². The molecule has 10 heteroatoms. The quantitative estimate of drug-likeness (QED) is 0.643. The van der Waals surface area contributed by atoms with Gasteiger partial charge in [-0.1, -0.05) is 26.8 Å². The second kappa shape index (κ2) is 8.62. The van der Waals surface area contributed by atoms with Crippen molar-refractivity contribution >= 4 is 11.7 Å². The SMILES string of the molecule is CCC(=O)C(CC)(CC)NC(=O)c1cccc(OCC(F)(F)C(F)(F)F)n1. The van der Waals surface area contributed by atoms with Crippen LogP contribution < -0.4 is 10.1 Å². The molecule has 0 aliphatic carbocycles. The molecule has 0 saturated carbocycles. The molecule has 5 nitrogen and oxygen atoms in total. The number of rotatable bonds is 9. The maximum absolute atomic E-state index is 12.9. The number of carbonyl (C=O) groups is 2. The average molecular weight is 396 g/mol. The number of halogens is 5. The Morgan fingerprint density at radius 3 is 2.15 bits per heavy atom. The third-order valence-electron chi connectivity index (χ3n) is 4.19. The molecule has 1 aromatic rings. The van der Waals surface area contributed by atoms with Crippen LogP contribution in [0.15, 0.2) is 18.2 Å². The van der Waals surface area contributed by atoms with Crippen molar-refractivity contribution in [1.29, 1.82) is 0 Å². The van der Waals surface area contributed by atoms with E-state index in [0.717, 1.165) is 6.07 Å². The highest BCUT2D eigenvalue weighted by Gasteiger charge is 2.58. The van der Waals surface area contributed by atoms with Crippen LogP contribution >= 0.6 is 0 Å². The molecule has 1 heterocycles. The maximum Gasteiger partial charge on any atom is 0.456 e. The Morgan fingerprint density at radius 2 is 1.67 bits per heavy atom. The summed E-state index contributed by atoms with van der Waals surface area (Å²) in [4.78, 5) is 28.2. The predicted molar refractivity (Wildman–Crippen MR) is 86.8 cm³/mol. The summed E-state index contributed by atoms with van der Waals surface area (Å²) in [6, 6.07) is 3.51. The number of hydrogen-bond acceptors (Lipinski definition) is 4. The molecule has 0 aliphatic rings. The predicted octanol–water partition coefficient (Wildman–Crippen LogP) is 3.93. The number of pyridine rings is 1. The molecular formula is C17H21F5N2O3. The van der Waals surface area contributed by atoms with Gasteiger partial charge in [0.25, 0.3) is 5.91 Å². The van der Waals surface area contributed by atoms with E-state index in [2.05, 4.69) is 15.0 Å². The number of aromatic nitrogens is 1. The molecule has 1 N–H and O–H groups in total. The lowest BCUT2D eigenvalue weighted by Gasteiger charge is -2.31. The van der Waals surface area contributed by atoms with Crippen LogP contribution in [-0.2, 0) is 4.79 Å². The highest BCUT2D eigenvalue weighted by Crippen LogP contribution is 2.35. The summed E-state index contributed by atoms with van der Waals surface area (Å²) in [6.07, 6.45) is -4.90. The standard InChI is InChI=1S/C17H21F5N2O3/c1-4-12(25)15(5-2,6-3)24-14(26)11-8-7-9-13(23-11)27-10-16(18,19)17(20,21)22/h7-9H,4-6,10H2,1-3H3,(H,24,26). The third-order valence-corrected chi connectivity index (χ3v) is 4.19. The van der Waals surface area contributed by atoms with Gasteiger partial charge < -0.3 is 10.1 Å². The molecule has 0 spiro atoms. The smallest absolute Gasteiger partial charge is 0.456 e. The lowest BCUT2D eigenvalue weighted by atomic mass is 9.86. The van der Waals surface area contributed by atoms with E-state index in [1.54, 1.807) is 20.8 Å². The van der Waals surface area contributed by atoms with Crippen molar-refractivity contribution in [2.45, 2.75) is 57.7 Å². The van der Waals surface area contributed by atoms with E-state index < -0.39 is 36.0 Å². The van der Waals surface area contributed by atoms with Crippen molar-refractivity contribution in [1.82, 2.24) is 10.3 Å². The van der Waals surface area contributed by atoms with Crippen molar-refractivity contribution < 1.29 is 36.3 Å². The Kier molecular flexibility index (Phi) is 7.27. The number of ketones is 1. The van der Waals surface area contributed by atoms with Gasteiger partial charge in [0.2, 0.25) is 5.88 Å². The topological polar surface area (TPSA) is 68.3 Å². The van der Waals surface area contributed by atoms with Crippen LogP contribution in [0, 0.1) is 0 Å². The van der Waals surface area contributed by atoms with Crippen molar-refractivity contribution in [2.75, 3.05) is 6.61 Å². The average Bonchev–Trinajstić information content (AvgIpc) is 2.63. The number of nitrogens with zero attached hydrogens (tertiary/aromatic N) is 1. The number of nitrogens with one attached hydrogen (secondary N) is 1. The van der Waals surface area contributed by atoms with Gasteiger partial charge in [0, 0.05) is 12.5 Å². The van der Waals surface area contributed by atoms with E-state index in [-0.39, 0.29) is 17.9 Å². The third kappa shape index (κ3) is 5.36. The highest BCUT2D eigenvalue weighted by atomic mass is 19.4. The first-order valence-corrected chi connectivity index (χ1v) is 8.32. The van der Waals surface area contributed by atoms with Crippen LogP contribution in [-0.4, -0.2) is 40.9 Å². The molecule has 0 aromatic carbocycles. The molecule has 1 amide bonds. The van der Waals surface area contributed by atoms with Crippen LogP contribution in [0.3, 0.4) is 0 Å². The molecule has 152 valence electrons. The van der Waals surface area contributed by atoms with Gasteiger partial charge in [-0.05, 0) is 18.9 Å². The van der Waals surface area contributed by atoms with Gasteiger partial charge in [-0.2, -0.15) is 22.0 Å². The first-order chi connectivity index (χ1) is 12.4. The zero-order valence-electron chi connectivity index (χ0n) is 15.1. The monoisotopic (exact) mass is 396 g/mol. The molecule has 0 saturated heterocycles. The van der Waals surface area contributed by atoms with Gasteiger partial charge in [0.1, 0.15) is 5.69 Å². The molecule has 0 radical (unpaired) electrons. The summed E-state index contributed by atoms with van der Waals surface area (Å²) >= 11 is 0. The number of alkyl halides is 5. The van der Waals surface area contributed by atoms with E-state index in [4.69, 9.17) is 0 Å². The molecule has 27 heavy (non-hydrogen) atoms. The number of amides is 1. The van der Waals surface area contributed by atoms with E-state index in [1.165, 1.54) is 12.1 Å². The maximum atomic E-state index is 12.9. The van der Waals surface area contributed by atoms with E-state index in [0.29, 0.717) is 12.8 Å². The Balaban J connectivity index is 2.95. The molecule has 1 aromatic heterocycles. The first kappa shape index (κ1) is 22.8. The summed E-state index contributed by atoms with van der Waals surface area (Å²) < 4.78 is 66.8. The summed E-state index contributed by atoms with van der Waals surface area (Å²) in [5.74, 6) is -6.56. The van der Waals surface area contributed by atoms with Crippen molar-refractivity contribution in [2.24, 2.45) is 0 Å². The molecule has 0 fully saturated rings. The Bertz CT molecular complexity index is 673. The second-order valence-corrected chi connectivity index (χ2v) is 5.87. The highest BCUT2D eigenvalue weighted by molar-refractivity contribution is 5.98. The van der Waals surface area contributed by atoms with Gasteiger partial charge >= 0.3 is 12.1 Å². The summed E-state index contributed by atoms with van der Waals surface area (Å²) in [5, 5.41) is 2.59. The zero-order chi connectivity index (χ0) is 20.9. The Morgan fingerprint density at radius 1 is 1.07 bits per heavy atom.